The predicted octanol–water partition coefficient (Wildman–Crippen LogP) is 1.94. The fourth-order valence-corrected chi connectivity index (χ4v) is 2.68. The topological polar surface area (TPSA) is 83.0 Å². The van der Waals surface area contributed by atoms with Gasteiger partial charge in [0.15, 0.2) is 0 Å². The number of amides is 1. The zero-order chi connectivity index (χ0) is 16.8. The minimum absolute atomic E-state index is 0.0362. The summed E-state index contributed by atoms with van der Waals surface area (Å²) >= 11 is 0. The van der Waals surface area contributed by atoms with Gasteiger partial charge in [-0.1, -0.05) is 6.07 Å². The molecule has 1 amide bonds. The second kappa shape index (κ2) is 7.72. The number of aryl methyl sites for hydroxylation is 1. The van der Waals surface area contributed by atoms with Crippen molar-refractivity contribution in [3.63, 3.8) is 0 Å². The summed E-state index contributed by atoms with van der Waals surface area (Å²) in [6.45, 7) is 4.99. The van der Waals surface area contributed by atoms with Crippen LogP contribution in [0.4, 0.5) is 11.6 Å². The van der Waals surface area contributed by atoms with Crippen LogP contribution in [0.5, 0.6) is 0 Å². The summed E-state index contributed by atoms with van der Waals surface area (Å²) in [5.74, 6) is 1.45. The van der Waals surface area contributed by atoms with Gasteiger partial charge in [0, 0.05) is 32.4 Å². The number of carbonyl (C=O) groups excluding carboxylic acids is 1. The third-order valence-electron chi connectivity index (χ3n) is 3.98. The molecule has 0 atom stereocenters. The quantitative estimate of drug-likeness (QED) is 0.790. The van der Waals surface area contributed by atoms with Crippen molar-refractivity contribution in [3.8, 4) is 0 Å². The Kier molecular flexibility index (Phi) is 5.20. The van der Waals surface area contributed by atoms with Crippen molar-refractivity contribution in [2.75, 3.05) is 36.8 Å². The van der Waals surface area contributed by atoms with Gasteiger partial charge in [0.05, 0.1) is 12.4 Å². The van der Waals surface area contributed by atoms with E-state index in [1.807, 2.05) is 24.0 Å². The first-order valence-corrected chi connectivity index (χ1v) is 8.25. The van der Waals surface area contributed by atoms with Crippen LogP contribution < -0.4 is 10.6 Å². The van der Waals surface area contributed by atoms with Crippen molar-refractivity contribution >= 4 is 17.5 Å². The second-order valence-electron chi connectivity index (χ2n) is 5.81. The molecule has 2 aromatic heterocycles. The van der Waals surface area contributed by atoms with E-state index in [0.717, 1.165) is 37.3 Å². The van der Waals surface area contributed by atoms with Crippen LogP contribution in [0, 0.1) is 6.92 Å². The first kappa shape index (κ1) is 16.2. The zero-order valence-electron chi connectivity index (χ0n) is 13.8. The second-order valence-corrected chi connectivity index (χ2v) is 5.81. The molecule has 0 radical (unpaired) electrons. The highest BCUT2D eigenvalue weighted by atomic mass is 16.2. The van der Waals surface area contributed by atoms with E-state index in [0.29, 0.717) is 24.6 Å². The number of carbonyl (C=O) groups is 1. The molecule has 2 aromatic rings. The summed E-state index contributed by atoms with van der Waals surface area (Å²) in [5.41, 5.74) is 1.51. The molecule has 1 aliphatic heterocycles. The number of aromatic nitrogens is 3. The minimum Gasteiger partial charge on any atom is -0.368 e. The Bertz CT molecular complexity index is 699. The number of hydrogen-bond acceptors (Lipinski definition) is 6. The molecule has 0 aliphatic carbocycles. The number of hydrogen-bond donors (Lipinski definition) is 2. The van der Waals surface area contributed by atoms with Crippen LogP contribution in [0.1, 0.15) is 28.9 Å². The van der Waals surface area contributed by atoms with Gasteiger partial charge in [-0.25, -0.2) is 9.97 Å². The van der Waals surface area contributed by atoms with Gasteiger partial charge >= 0.3 is 0 Å². The van der Waals surface area contributed by atoms with Gasteiger partial charge in [-0.05, 0) is 31.4 Å². The van der Waals surface area contributed by atoms with Gasteiger partial charge in [0.1, 0.15) is 17.3 Å². The normalized spacial score (nSPS) is 13.8. The number of likely N-dealkylation sites (tertiary alicyclic amines) is 1. The molecule has 1 saturated heterocycles. The Morgan fingerprint density at radius 1 is 1.21 bits per heavy atom. The van der Waals surface area contributed by atoms with Crippen molar-refractivity contribution in [1.82, 2.24) is 19.9 Å². The highest BCUT2D eigenvalue weighted by Gasteiger charge is 2.20. The SMILES string of the molecule is Cc1cccnc1NCCNc1cncc(C(=O)N2CCCC2)n1. The van der Waals surface area contributed by atoms with E-state index in [2.05, 4.69) is 25.6 Å². The first-order valence-electron chi connectivity index (χ1n) is 8.25. The Hall–Kier alpha value is -2.70. The maximum Gasteiger partial charge on any atom is 0.274 e. The fraction of sp³-hybridized carbons (Fsp3) is 0.412. The molecular formula is C17H22N6O. The van der Waals surface area contributed by atoms with Gasteiger partial charge in [0.25, 0.3) is 5.91 Å². The Labute approximate surface area is 141 Å². The van der Waals surface area contributed by atoms with Crippen LogP contribution in [-0.4, -0.2) is 51.9 Å². The molecule has 2 N–H and O–H groups in total. The van der Waals surface area contributed by atoms with Crippen molar-refractivity contribution in [3.05, 3.63) is 42.0 Å². The molecule has 3 heterocycles. The van der Waals surface area contributed by atoms with Crippen LogP contribution >= 0.6 is 0 Å². The van der Waals surface area contributed by atoms with Gasteiger partial charge in [-0.3, -0.25) is 9.78 Å². The molecule has 0 saturated carbocycles. The van der Waals surface area contributed by atoms with Crippen LogP contribution in [-0.2, 0) is 0 Å². The zero-order valence-corrected chi connectivity index (χ0v) is 13.8. The number of rotatable bonds is 6. The van der Waals surface area contributed by atoms with Crippen molar-refractivity contribution < 1.29 is 4.79 Å². The van der Waals surface area contributed by atoms with Gasteiger partial charge in [-0.15, -0.1) is 0 Å². The standard InChI is InChI=1S/C17H22N6O/c1-13-5-4-6-20-16(13)21-8-7-19-15-12-18-11-14(22-15)17(24)23-9-2-3-10-23/h4-6,11-12H,2-3,7-10H2,1H3,(H,19,22)(H,20,21). The average Bonchev–Trinajstić information content (AvgIpc) is 3.14. The molecule has 0 unspecified atom stereocenters. The Balaban J connectivity index is 1.51. The molecule has 7 heteroatoms. The maximum atomic E-state index is 12.3. The van der Waals surface area contributed by atoms with Crippen molar-refractivity contribution in [1.29, 1.82) is 0 Å². The molecule has 126 valence electrons. The summed E-state index contributed by atoms with van der Waals surface area (Å²) in [6, 6.07) is 3.93. The first-order chi connectivity index (χ1) is 11.7. The van der Waals surface area contributed by atoms with E-state index in [-0.39, 0.29) is 5.91 Å². The summed E-state index contributed by atoms with van der Waals surface area (Å²) < 4.78 is 0. The third-order valence-corrected chi connectivity index (χ3v) is 3.98. The van der Waals surface area contributed by atoms with Gasteiger partial charge < -0.3 is 15.5 Å². The molecule has 0 bridgehead atoms. The van der Waals surface area contributed by atoms with Crippen molar-refractivity contribution in [2.45, 2.75) is 19.8 Å². The smallest absolute Gasteiger partial charge is 0.274 e. The largest absolute Gasteiger partial charge is 0.368 e. The maximum absolute atomic E-state index is 12.3. The monoisotopic (exact) mass is 326 g/mol. The third kappa shape index (κ3) is 3.98. The molecule has 24 heavy (non-hydrogen) atoms. The highest BCUT2D eigenvalue weighted by molar-refractivity contribution is 5.92. The summed E-state index contributed by atoms with van der Waals surface area (Å²) in [7, 11) is 0. The lowest BCUT2D eigenvalue weighted by atomic mass is 10.3. The number of nitrogens with one attached hydrogen (secondary N) is 2. The van der Waals surface area contributed by atoms with Gasteiger partial charge in [0.2, 0.25) is 0 Å². The molecule has 1 aliphatic rings. The van der Waals surface area contributed by atoms with E-state index in [1.165, 1.54) is 6.20 Å². The van der Waals surface area contributed by atoms with E-state index < -0.39 is 0 Å². The molecular weight excluding hydrogens is 304 g/mol. The number of anilines is 2. The van der Waals surface area contributed by atoms with E-state index in [9.17, 15) is 4.79 Å². The lowest BCUT2D eigenvalue weighted by molar-refractivity contribution is 0.0786. The lowest BCUT2D eigenvalue weighted by Crippen LogP contribution is -2.28. The van der Waals surface area contributed by atoms with Crippen LogP contribution in [0.2, 0.25) is 0 Å². The van der Waals surface area contributed by atoms with Crippen LogP contribution in [0.25, 0.3) is 0 Å². The van der Waals surface area contributed by atoms with Crippen LogP contribution in [0.3, 0.4) is 0 Å². The average molecular weight is 326 g/mol. The minimum atomic E-state index is -0.0362. The summed E-state index contributed by atoms with van der Waals surface area (Å²) in [4.78, 5) is 26.9. The van der Waals surface area contributed by atoms with E-state index >= 15 is 0 Å². The number of nitrogens with zero attached hydrogens (tertiary/aromatic N) is 4. The lowest BCUT2D eigenvalue weighted by Gasteiger charge is -2.15. The highest BCUT2D eigenvalue weighted by Crippen LogP contribution is 2.12. The molecule has 1 fully saturated rings. The fourth-order valence-electron chi connectivity index (χ4n) is 2.68. The summed E-state index contributed by atoms with van der Waals surface area (Å²) in [5, 5.41) is 6.45. The van der Waals surface area contributed by atoms with Gasteiger partial charge in [-0.2, -0.15) is 0 Å². The Morgan fingerprint density at radius 2 is 2.00 bits per heavy atom. The summed E-state index contributed by atoms with van der Waals surface area (Å²) in [6.07, 6.45) is 7.06. The van der Waals surface area contributed by atoms with Crippen LogP contribution in [0.15, 0.2) is 30.7 Å². The molecule has 3 rings (SSSR count). The van der Waals surface area contributed by atoms with E-state index in [1.54, 1.807) is 12.4 Å². The number of pyridine rings is 1. The van der Waals surface area contributed by atoms with E-state index in [4.69, 9.17) is 0 Å². The predicted molar refractivity (Wildman–Crippen MR) is 93.1 cm³/mol. The van der Waals surface area contributed by atoms with Crippen molar-refractivity contribution in [2.24, 2.45) is 0 Å². The molecule has 0 aromatic carbocycles. The Morgan fingerprint density at radius 3 is 2.79 bits per heavy atom. The molecule has 7 nitrogen and oxygen atoms in total. The molecule has 0 spiro atoms.